The highest BCUT2D eigenvalue weighted by molar-refractivity contribution is 6.04. The molecule has 1 heterocycles. The second-order valence-corrected chi connectivity index (χ2v) is 11.6. The molecule has 3 N–H and O–H groups in total. The monoisotopic (exact) mass is 626 g/mol. The molecule has 10 heteroatoms. The van der Waals surface area contributed by atoms with Crippen LogP contribution in [0.4, 0.5) is 20.6 Å². The first kappa shape index (κ1) is 32.5. The second-order valence-electron chi connectivity index (χ2n) is 11.6. The molecule has 0 saturated heterocycles. The number of hydrogen-bond donors (Lipinski definition) is 3. The van der Waals surface area contributed by atoms with Crippen LogP contribution in [0.3, 0.4) is 0 Å². The van der Waals surface area contributed by atoms with Crippen molar-refractivity contribution in [1.82, 2.24) is 9.80 Å². The van der Waals surface area contributed by atoms with Crippen molar-refractivity contribution >= 4 is 23.3 Å². The van der Waals surface area contributed by atoms with Crippen molar-refractivity contribution in [2.24, 2.45) is 5.92 Å². The molecule has 240 valence electrons. The topological polar surface area (TPSA) is 103 Å². The molecule has 0 saturated carbocycles. The number of benzene rings is 4. The average Bonchev–Trinajstić information content (AvgIpc) is 3.05. The zero-order valence-corrected chi connectivity index (χ0v) is 26.2. The quantitative estimate of drug-likeness (QED) is 0.183. The molecule has 0 radical (unpaired) electrons. The highest BCUT2D eigenvalue weighted by Gasteiger charge is 2.34. The molecule has 4 aromatic rings. The number of nitrogens with one attached hydrogen (secondary N) is 2. The van der Waals surface area contributed by atoms with Crippen LogP contribution in [-0.2, 0) is 6.54 Å². The normalized spacial score (nSPS) is 16.9. The van der Waals surface area contributed by atoms with Crippen molar-refractivity contribution in [2.75, 3.05) is 37.4 Å². The number of nitrogens with zero attached hydrogens (tertiary/aromatic N) is 2. The van der Waals surface area contributed by atoms with E-state index in [4.69, 9.17) is 9.47 Å². The average molecular weight is 627 g/mol. The molecule has 46 heavy (non-hydrogen) atoms. The highest BCUT2D eigenvalue weighted by atomic mass is 19.1. The molecule has 0 aliphatic carbocycles. The zero-order valence-electron chi connectivity index (χ0n) is 26.2. The Bertz CT molecular complexity index is 1620. The fourth-order valence-corrected chi connectivity index (χ4v) is 5.35. The van der Waals surface area contributed by atoms with Gasteiger partial charge in [-0.1, -0.05) is 43.3 Å². The summed E-state index contributed by atoms with van der Waals surface area (Å²) in [7, 11) is 2.00. The number of aliphatic hydroxyl groups is 1. The van der Waals surface area contributed by atoms with Crippen LogP contribution >= 0.6 is 0 Å². The van der Waals surface area contributed by atoms with Crippen LogP contribution < -0.4 is 20.1 Å². The summed E-state index contributed by atoms with van der Waals surface area (Å²) in [4.78, 5) is 30.5. The van der Waals surface area contributed by atoms with E-state index in [1.165, 1.54) is 24.3 Å². The molecule has 0 bridgehead atoms. The van der Waals surface area contributed by atoms with Gasteiger partial charge in [-0.3, -0.25) is 9.69 Å². The third kappa shape index (κ3) is 8.21. The van der Waals surface area contributed by atoms with Gasteiger partial charge >= 0.3 is 6.03 Å². The molecular formula is C36H39FN4O5. The summed E-state index contributed by atoms with van der Waals surface area (Å²) in [6, 6.07) is 27.0. The van der Waals surface area contributed by atoms with Crippen LogP contribution in [0.2, 0.25) is 0 Å². The summed E-state index contributed by atoms with van der Waals surface area (Å²) in [5.74, 6) is 0.949. The second kappa shape index (κ2) is 14.9. The van der Waals surface area contributed by atoms with Gasteiger partial charge in [-0.05, 0) is 80.2 Å². The number of ether oxygens (including phenoxy) is 2. The summed E-state index contributed by atoms with van der Waals surface area (Å²) in [6.07, 6.45) is -0.367. The minimum atomic E-state index is -0.569. The Balaban J connectivity index is 1.34. The lowest BCUT2D eigenvalue weighted by Crippen LogP contribution is -2.49. The van der Waals surface area contributed by atoms with E-state index in [0.717, 1.165) is 17.1 Å². The number of fused-ring (bicyclic) bond motifs is 1. The summed E-state index contributed by atoms with van der Waals surface area (Å²) >= 11 is 0. The van der Waals surface area contributed by atoms with Gasteiger partial charge in [-0.15, -0.1) is 0 Å². The van der Waals surface area contributed by atoms with Crippen LogP contribution in [-0.4, -0.2) is 65.7 Å². The highest BCUT2D eigenvalue weighted by Crippen LogP contribution is 2.35. The summed E-state index contributed by atoms with van der Waals surface area (Å²) in [6.45, 7) is 5.17. The number of amides is 3. The van der Waals surface area contributed by atoms with E-state index < -0.39 is 17.9 Å². The van der Waals surface area contributed by atoms with E-state index in [2.05, 4.69) is 15.5 Å². The van der Waals surface area contributed by atoms with E-state index in [-0.39, 0.29) is 35.8 Å². The molecule has 3 atom stereocenters. The Morgan fingerprint density at radius 1 is 1.00 bits per heavy atom. The molecule has 0 fully saturated rings. The number of hydrogen-bond acceptors (Lipinski definition) is 6. The minimum Gasteiger partial charge on any atom is -0.486 e. The Kier molecular flexibility index (Phi) is 10.5. The number of carbonyl (C=O) groups is 2. The fourth-order valence-electron chi connectivity index (χ4n) is 5.35. The smallest absolute Gasteiger partial charge is 0.323 e. The third-order valence-corrected chi connectivity index (χ3v) is 7.89. The predicted octanol–water partition coefficient (Wildman–Crippen LogP) is 6.61. The van der Waals surface area contributed by atoms with Crippen LogP contribution in [0.25, 0.3) is 0 Å². The zero-order chi connectivity index (χ0) is 32.6. The van der Waals surface area contributed by atoms with Gasteiger partial charge in [0.1, 0.15) is 23.4 Å². The van der Waals surface area contributed by atoms with E-state index in [1.807, 2.05) is 68.6 Å². The van der Waals surface area contributed by atoms with E-state index in [9.17, 15) is 19.1 Å². The maximum atomic E-state index is 13.8. The lowest BCUT2D eigenvalue weighted by Gasteiger charge is -2.38. The first-order valence-electron chi connectivity index (χ1n) is 15.3. The lowest BCUT2D eigenvalue weighted by atomic mass is 9.99. The number of aliphatic hydroxyl groups excluding tert-OH is 1. The number of carbonyl (C=O) groups excluding carboxylic acids is 2. The number of urea groups is 1. The Morgan fingerprint density at radius 3 is 2.39 bits per heavy atom. The number of halogens is 1. The van der Waals surface area contributed by atoms with Gasteiger partial charge < -0.3 is 30.1 Å². The van der Waals surface area contributed by atoms with Crippen LogP contribution in [0.5, 0.6) is 17.2 Å². The lowest BCUT2D eigenvalue weighted by molar-refractivity contribution is 0.0343. The van der Waals surface area contributed by atoms with Gasteiger partial charge in [0, 0.05) is 31.2 Å². The molecule has 4 aromatic carbocycles. The van der Waals surface area contributed by atoms with Crippen LogP contribution in [0, 0.1) is 11.7 Å². The Morgan fingerprint density at radius 2 is 1.70 bits per heavy atom. The Labute approximate surface area is 268 Å². The minimum absolute atomic E-state index is 0.115. The SMILES string of the molecule is C[C@H](CO)N1C[C@H](C)[C@H](CN(C)Cc2ccc(Oc3ccccc3)cc2)Oc2c(NC(=O)Nc3ccc(F)cc3)cccc2C1=O. The standard InChI is InChI=1S/C36H39FN4O5/c1-24-20-41(25(2)23-42)35(43)31-10-7-11-32(39-36(44)38-28-16-14-27(37)15-17-28)34(31)46-33(24)22-40(3)21-26-12-18-30(19-13-26)45-29-8-5-4-6-9-29/h4-19,24-25,33,42H,20-23H2,1-3H3,(H2,38,39,44)/t24-,25+,33-/m0/s1. The van der Waals surface area contributed by atoms with Crippen molar-refractivity contribution in [3.63, 3.8) is 0 Å². The number of anilines is 2. The van der Waals surface area contributed by atoms with Gasteiger partial charge in [-0.25, -0.2) is 9.18 Å². The number of rotatable bonds is 10. The van der Waals surface area contributed by atoms with Crippen LogP contribution in [0.1, 0.15) is 29.8 Å². The summed E-state index contributed by atoms with van der Waals surface area (Å²) < 4.78 is 25.9. The predicted molar refractivity (Wildman–Crippen MR) is 176 cm³/mol. The van der Waals surface area contributed by atoms with Gasteiger partial charge in [0.05, 0.1) is 23.9 Å². The summed E-state index contributed by atoms with van der Waals surface area (Å²) in [5, 5.41) is 15.5. The molecule has 0 spiro atoms. The van der Waals surface area contributed by atoms with Crippen molar-refractivity contribution < 1.29 is 28.6 Å². The molecule has 1 aliphatic heterocycles. The van der Waals surface area contributed by atoms with Crippen molar-refractivity contribution in [1.29, 1.82) is 0 Å². The molecule has 1 aliphatic rings. The van der Waals surface area contributed by atoms with Crippen molar-refractivity contribution in [2.45, 2.75) is 32.5 Å². The van der Waals surface area contributed by atoms with E-state index in [1.54, 1.807) is 30.0 Å². The maximum absolute atomic E-state index is 13.8. The van der Waals surface area contributed by atoms with Crippen molar-refractivity contribution in [3.8, 4) is 17.2 Å². The molecule has 5 rings (SSSR count). The van der Waals surface area contributed by atoms with E-state index >= 15 is 0 Å². The van der Waals surface area contributed by atoms with Crippen LogP contribution in [0.15, 0.2) is 97.1 Å². The maximum Gasteiger partial charge on any atom is 0.323 e. The molecule has 0 unspecified atom stereocenters. The van der Waals surface area contributed by atoms with E-state index in [0.29, 0.717) is 31.0 Å². The van der Waals surface area contributed by atoms with Gasteiger partial charge in [0.15, 0.2) is 5.75 Å². The molecular weight excluding hydrogens is 587 g/mol. The largest absolute Gasteiger partial charge is 0.486 e. The molecule has 0 aromatic heterocycles. The molecule has 9 nitrogen and oxygen atoms in total. The number of para-hydroxylation sites is 2. The van der Waals surface area contributed by atoms with Gasteiger partial charge in [0.25, 0.3) is 5.91 Å². The fraction of sp³-hybridized carbons (Fsp3) is 0.278. The summed E-state index contributed by atoms with van der Waals surface area (Å²) in [5.41, 5.74) is 2.10. The number of likely N-dealkylation sites (N-methyl/N-ethyl adjacent to an activating group) is 1. The first-order chi connectivity index (χ1) is 22.2. The van der Waals surface area contributed by atoms with Crippen molar-refractivity contribution in [3.05, 3.63) is 114 Å². The van der Waals surface area contributed by atoms with Gasteiger partial charge in [0.2, 0.25) is 0 Å². The molecule has 3 amide bonds. The Hall–Kier alpha value is -4.93. The van der Waals surface area contributed by atoms with Gasteiger partial charge in [-0.2, -0.15) is 0 Å². The first-order valence-corrected chi connectivity index (χ1v) is 15.3. The third-order valence-electron chi connectivity index (χ3n) is 7.89.